The van der Waals surface area contributed by atoms with Gasteiger partial charge in [-0.15, -0.1) is 0 Å². The Hall–Kier alpha value is -0.150. The molecule has 2 nitrogen and oxygen atoms in total. The summed E-state index contributed by atoms with van der Waals surface area (Å²) in [5.74, 6) is 0. The van der Waals surface area contributed by atoms with E-state index in [-0.39, 0.29) is 0 Å². The van der Waals surface area contributed by atoms with Gasteiger partial charge in [-0.3, -0.25) is 4.39 Å². The Bertz CT molecular complexity index is 53.0. The Morgan fingerprint density at radius 3 is 2.22 bits per heavy atom. The van der Waals surface area contributed by atoms with Crippen LogP contribution < -0.4 is 10.6 Å². The molecule has 0 saturated carbocycles. The molecule has 0 aromatic rings. The molecule has 1 saturated heterocycles. The van der Waals surface area contributed by atoms with Gasteiger partial charge in [0.2, 0.25) is 0 Å². The van der Waals surface area contributed by atoms with Crippen LogP contribution in [0.5, 0.6) is 0 Å². The average molecular weight is 134 g/mol. The highest BCUT2D eigenvalue weighted by molar-refractivity contribution is 4.69. The second kappa shape index (κ2) is 5.98. The van der Waals surface area contributed by atoms with E-state index in [4.69, 9.17) is 0 Å². The molecule has 1 unspecified atom stereocenters. The molecule has 0 aromatic carbocycles. The first-order valence-electron chi connectivity index (χ1n) is 3.21. The molecule has 3 heteroatoms. The molecule has 0 amide bonds. The molecule has 0 aromatic heterocycles. The van der Waals surface area contributed by atoms with E-state index in [2.05, 4.69) is 17.6 Å². The van der Waals surface area contributed by atoms with Gasteiger partial charge in [-0.2, -0.15) is 0 Å². The van der Waals surface area contributed by atoms with E-state index >= 15 is 0 Å². The Morgan fingerprint density at radius 2 is 2.00 bits per heavy atom. The zero-order valence-corrected chi connectivity index (χ0v) is 6.08. The molecule has 1 rings (SSSR count). The number of alkyl halides is 1. The van der Waals surface area contributed by atoms with Crippen molar-refractivity contribution in [2.75, 3.05) is 26.8 Å². The summed E-state index contributed by atoms with van der Waals surface area (Å²) in [5.41, 5.74) is 0. The molecule has 1 fully saturated rings. The molecule has 0 radical (unpaired) electrons. The Labute approximate surface area is 55.8 Å². The highest BCUT2D eigenvalue weighted by Crippen LogP contribution is 1.80. The molecule has 0 aliphatic carbocycles. The summed E-state index contributed by atoms with van der Waals surface area (Å²) >= 11 is 0. The molecule has 2 N–H and O–H groups in total. The van der Waals surface area contributed by atoms with Crippen LogP contribution in [0.2, 0.25) is 0 Å². The van der Waals surface area contributed by atoms with Crippen LogP contribution in [0.15, 0.2) is 0 Å². The van der Waals surface area contributed by atoms with Crippen LogP contribution in [0.4, 0.5) is 4.39 Å². The predicted molar refractivity (Wildman–Crippen MR) is 37.4 cm³/mol. The normalized spacial score (nSPS) is 26.3. The largest absolute Gasteiger partial charge is 0.314 e. The maximum atomic E-state index is 9.50. The third-order valence-corrected chi connectivity index (χ3v) is 1.25. The van der Waals surface area contributed by atoms with E-state index in [1.165, 1.54) is 0 Å². The van der Waals surface area contributed by atoms with E-state index in [0.29, 0.717) is 13.2 Å². The molecule has 0 spiro atoms. The molecule has 1 aliphatic rings. The topological polar surface area (TPSA) is 24.1 Å². The van der Waals surface area contributed by atoms with Gasteiger partial charge in [0.25, 0.3) is 0 Å². The summed E-state index contributed by atoms with van der Waals surface area (Å²) in [6.07, 6.45) is 0. The SMILES string of the molecule is CC1CNCCN1.CF. The van der Waals surface area contributed by atoms with Gasteiger partial charge < -0.3 is 10.6 Å². The fourth-order valence-corrected chi connectivity index (χ4v) is 0.798. The van der Waals surface area contributed by atoms with E-state index in [9.17, 15) is 4.39 Å². The highest BCUT2D eigenvalue weighted by atomic mass is 19.1. The van der Waals surface area contributed by atoms with Crippen molar-refractivity contribution in [1.82, 2.24) is 10.6 Å². The number of nitrogens with one attached hydrogen (secondary N) is 2. The second-order valence-corrected chi connectivity index (χ2v) is 2.06. The van der Waals surface area contributed by atoms with Gasteiger partial charge in [0, 0.05) is 25.7 Å². The summed E-state index contributed by atoms with van der Waals surface area (Å²) in [4.78, 5) is 0. The van der Waals surface area contributed by atoms with Gasteiger partial charge in [0.1, 0.15) is 0 Å². The highest BCUT2D eigenvalue weighted by Gasteiger charge is 2.03. The van der Waals surface area contributed by atoms with Crippen LogP contribution in [-0.4, -0.2) is 32.9 Å². The first-order valence-corrected chi connectivity index (χ1v) is 3.21. The lowest BCUT2D eigenvalue weighted by atomic mass is 10.3. The summed E-state index contributed by atoms with van der Waals surface area (Å²) < 4.78 is 9.50. The van der Waals surface area contributed by atoms with E-state index in [1.807, 2.05) is 0 Å². The maximum absolute atomic E-state index is 9.50. The van der Waals surface area contributed by atoms with Crippen LogP contribution in [0, 0.1) is 0 Å². The van der Waals surface area contributed by atoms with Crippen LogP contribution in [0.25, 0.3) is 0 Å². The van der Waals surface area contributed by atoms with Gasteiger partial charge in [0.15, 0.2) is 0 Å². The number of piperazine rings is 1. The van der Waals surface area contributed by atoms with E-state index in [1.54, 1.807) is 0 Å². The second-order valence-electron chi connectivity index (χ2n) is 2.06. The van der Waals surface area contributed by atoms with Crippen LogP contribution in [0.3, 0.4) is 0 Å². The molecule has 1 atom stereocenters. The summed E-state index contributed by atoms with van der Waals surface area (Å²) in [6.45, 7) is 5.57. The Balaban J connectivity index is 0.000000291. The lowest BCUT2D eigenvalue weighted by molar-refractivity contribution is 0.442. The van der Waals surface area contributed by atoms with Crippen LogP contribution in [0.1, 0.15) is 6.92 Å². The fraction of sp³-hybridized carbons (Fsp3) is 1.00. The minimum atomic E-state index is 0.500. The third kappa shape index (κ3) is 4.36. The average Bonchev–Trinajstić information content (AvgIpc) is 1.94. The van der Waals surface area contributed by atoms with E-state index < -0.39 is 0 Å². The van der Waals surface area contributed by atoms with E-state index in [0.717, 1.165) is 19.6 Å². The van der Waals surface area contributed by atoms with Crippen molar-refractivity contribution in [2.24, 2.45) is 0 Å². The lowest BCUT2D eigenvalue weighted by Gasteiger charge is -2.19. The van der Waals surface area contributed by atoms with Gasteiger partial charge >= 0.3 is 0 Å². The standard InChI is InChI=1S/C5H12N2.CH3F/c1-5-4-6-2-3-7-5;1-2/h5-7H,2-4H2,1H3;1H3. The van der Waals surface area contributed by atoms with Gasteiger partial charge in [0.05, 0.1) is 7.18 Å². The number of rotatable bonds is 0. The number of hydrogen-bond acceptors (Lipinski definition) is 2. The number of halogens is 1. The van der Waals surface area contributed by atoms with Gasteiger partial charge in [-0.05, 0) is 6.92 Å². The van der Waals surface area contributed by atoms with Crippen molar-refractivity contribution in [3.8, 4) is 0 Å². The molecule has 1 heterocycles. The molecule has 56 valence electrons. The molecule has 9 heavy (non-hydrogen) atoms. The van der Waals surface area contributed by atoms with Crippen LogP contribution in [-0.2, 0) is 0 Å². The minimum Gasteiger partial charge on any atom is -0.314 e. The predicted octanol–water partition coefficient (Wildman–Crippen LogP) is 0.153. The first kappa shape index (κ1) is 8.85. The van der Waals surface area contributed by atoms with Crippen molar-refractivity contribution < 1.29 is 4.39 Å². The van der Waals surface area contributed by atoms with Crippen molar-refractivity contribution in [1.29, 1.82) is 0 Å². The van der Waals surface area contributed by atoms with Crippen molar-refractivity contribution in [2.45, 2.75) is 13.0 Å². The summed E-state index contributed by atoms with van der Waals surface area (Å²) in [6, 6.07) is 0.675. The molecular formula is C6H15FN2. The van der Waals surface area contributed by atoms with Gasteiger partial charge in [-0.25, -0.2) is 0 Å². The first-order chi connectivity index (χ1) is 4.39. The number of hydrogen-bond donors (Lipinski definition) is 2. The maximum Gasteiger partial charge on any atom is 0.0785 e. The monoisotopic (exact) mass is 134 g/mol. The zero-order chi connectivity index (χ0) is 7.11. The zero-order valence-electron chi connectivity index (χ0n) is 6.08. The fourth-order valence-electron chi connectivity index (χ4n) is 0.798. The molecule has 0 bridgehead atoms. The third-order valence-electron chi connectivity index (χ3n) is 1.25. The molecular weight excluding hydrogens is 119 g/mol. The van der Waals surface area contributed by atoms with Crippen molar-refractivity contribution >= 4 is 0 Å². The quantitative estimate of drug-likeness (QED) is 0.493. The van der Waals surface area contributed by atoms with Gasteiger partial charge in [-0.1, -0.05) is 0 Å². The smallest absolute Gasteiger partial charge is 0.0785 e. The van der Waals surface area contributed by atoms with Crippen molar-refractivity contribution in [3.63, 3.8) is 0 Å². The summed E-state index contributed by atoms with van der Waals surface area (Å²) in [5, 5.41) is 6.59. The lowest BCUT2D eigenvalue weighted by Crippen LogP contribution is -2.46. The Morgan fingerprint density at radius 1 is 1.33 bits per heavy atom. The van der Waals surface area contributed by atoms with Crippen LogP contribution >= 0.6 is 0 Å². The molecule has 1 aliphatic heterocycles. The summed E-state index contributed by atoms with van der Waals surface area (Å²) in [7, 11) is 0.500. The van der Waals surface area contributed by atoms with Crippen molar-refractivity contribution in [3.05, 3.63) is 0 Å². The Kier molecular flexibility index (Phi) is 5.88. The minimum absolute atomic E-state index is 0.500.